The number of rotatable bonds is 58. The third kappa shape index (κ3) is 62.8. The van der Waals surface area contributed by atoms with Crippen molar-refractivity contribution in [3.05, 3.63) is 109 Å². The van der Waals surface area contributed by atoms with Gasteiger partial charge in [-0.25, -0.2) is 0 Å². The van der Waals surface area contributed by atoms with Crippen molar-refractivity contribution in [3.63, 3.8) is 0 Å². The fraction of sp³-hybridized carbons (Fsp3) is 0.704. The monoisotopic (exact) mass is 1070 g/mol. The Morgan fingerprint density at radius 1 is 0.273 bits per heavy atom. The van der Waals surface area contributed by atoms with Crippen LogP contribution in [0.2, 0.25) is 0 Å². The van der Waals surface area contributed by atoms with Gasteiger partial charge < -0.3 is 14.2 Å². The number of unbranched alkanes of at least 4 members (excludes halogenated alkanes) is 29. The molecule has 6 nitrogen and oxygen atoms in total. The Kier molecular flexibility index (Phi) is 61.3. The van der Waals surface area contributed by atoms with Gasteiger partial charge in [0, 0.05) is 19.3 Å². The van der Waals surface area contributed by atoms with Crippen LogP contribution in [0, 0.1) is 0 Å². The predicted molar refractivity (Wildman–Crippen MR) is 334 cm³/mol. The van der Waals surface area contributed by atoms with E-state index in [2.05, 4.69) is 130 Å². The van der Waals surface area contributed by atoms with E-state index in [9.17, 15) is 14.4 Å². The summed E-state index contributed by atoms with van der Waals surface area (Å²) < 4.78 is 16.8. The predicted octanol–water partition coefficient (Wildman–Crippen LogP) is 22.2. The average Bonchev–Trinajstić information content (AvgIpc) is 3.43. The van der Waals surface area contributed by atoms with E-state index in [0.29, 0.717) is 19.3 Å². The highest BCUT2D eigenvalue weighted by Gasteiger charge is 2.19. The van der Waals surface area contributed by atoms with Crippen molar-refractivity contribution in [2.45, 2.75) is 309 Å². The van der Waals surface area contributed by atoms with Crippen molar-refractivity contribution >= 4 is 17.9 Å². The molecule has 0 N–H and O–H groups in total. The Morgan fingerprint density at radius 2 is 0.506 bits per heavy atom. The van der Waals surface area contributed by atoms with Crippen LogP contribution in [0.3, 0.4) is 0 Å². The summed E-state index contributed by atoms with van der Waals surface area (Å²) in [6, 6.07) is 0. The number of hydrogen-bond donors (Lipinski definition) is 0. The van der Waals surface area contributed by atoms with Gasteiger partial charge in [-0.2, -0.15) is 0 Å². The van der Waals surface area contributed by atoms with Gasteiger partial charge in [-0.05, 0) is 109 Å². The van der Waals surface area contributed by atoms with Crippen LogP contribution in [0.5, 0.6) is 0 Å². The van der Waals surface area contributed by atoms with Gasteiger partial charge in [-0.15, -0.1) is 0 Å². The second-order valence-electron chi connectivity index (χ2n) is 21.3. The lowest BCUT2D eigenvalue weighted by atomic mass is 10.0. The van der Waals surface area contributed by atoms with Gasteiger partial charge in [0.05, 0.1) is 0 Å². The van der Waals surface area contributed by atoms with Crippen molar-refractivity contribution in [1.29, 1.82) is 0 Å². The van der Waals surface area contributed by atoms with E-state index in [0.717, 1.165) is 122 Å². The van der Waals surface area contributed by atoms with Gasteiger partial charge in [0.15, 0.2) is 6.10 Å². The third-order valence-corrected chi connectivity index (χ3v) is 13.8. The fourth-order valence-corrected chi connectivity index (χ4v) is 8.92. The van der Waals surface area contributed by atoms with Crippen LogP contribution >= 0.6 is 0 Å². The Bertz CT molecular complexity index is 1560. The molecule has 0 aliphatic rings. The lowest BCUT2D eigenvalue weighted by molar-refractivity contribution is -0.167. The quantitative estimate of drug-likeness (QED) is 0.0261. The molecule has 0 aromatic heterocycles. The normalized spacial score (nSPS) is 12.8. The summed E-state index contributed by atoms with van der Waals surface area (Å²) in [5.74, 6) is -0.902. The van der Waals surface area contributed by atoms with Crippen LogP contribution in [0.4, 0.5) is 0 Å². The van der Waals surface area contributed by atoms with E-state index < -0.39 is 6.10 Å². The zero-order valence-electron chi connectivity index (χ0n) is 50.4. The maximum atomic E-state index is 12.9. The maximum Gasteiger partial charge on any atom is 0.306 e. The van der Waals surface area contributed by atoms with Crippen molar-refractivity contribution in [2.75, 3.05) is 13.2 Å². The first-order valence-corrected chi connectivity index (χ1v) is 32.4. The van der Waals surface area contributed by atoms with E-state index in [1.165, 1.54) is 141 Å². The molecule has 0 fully saturated rings. The highest BCUT2D eigenvalue weighted by molar-refractivity contribution is 5.71. The van der Waals surface area contributed by atoms with Crippen molar-refractivity contribution < 1.29 is 28.6 Å². The first-order chi connectivity index (χ1) is 38.0. The molecule has 0 bridgehead atoms. The maximum absolute atomic E-state index is 12.9. The fourth-order valence-electron chi connectivity index (χ4n) is 8.92. The Balaban J connectivity index is 4.18. The third-order valence-electron chi connectivity index (χ3n) is 13.8. The molecule has 0 aliphatic heterocycles. The molecule has 0 amide bonds. The van der Waals surface area contributed by atoms with Crippen molar-refractivity contribution in [3.8, 4) is 0 Å². The highest BCUT2D eigenvalue weighted by Crippen LogP contribution is 2.16. The minimum Gasteiger partial charge on any atom is -0.462 e. The second-order valence-corrected chi connectivity index (χ2v) is 21.3. The van der Waals surface area contributed by atoms with Crippen molar-refractivity contribution in [1.82, 2.24) is 0 Å². The van der Waals surface area contributed by atoms with E-state index in [4.69, 9.17) is 14.2 Å². The summed E-state index contributed by atoms with van der Waals surface area (Å²) in [6.45, 7) is 6.47. The van der Waals surface area contributed by atoms with Crippen LogP contribution in [0.25, 0.3) is 0 Å². The zero-order chi connectivity index (χ0) is 55.7. The number of carbonyl (C=O) groups is 3. The molecule has 440 valence electrons. The minimum absolute atomic E-state index is 0.0843. The number of hydrogen-bond acceptors (Lipinski definition) is 6. The van der Waals surface area contributed by atoms with Crippen LogP contribution in [-0.2, 0) is 28.6 Å². The Labute approximate surface area is 476 Å². The smallest absolute Gasteiger partial charge is 0.306 e. The summed E-state index contributed by atoms with van der Waals surface area (Å²) in [4.78, 5) is 38.1. The van der Waals surface area contributed by atoms with Crippen LogP contribution in [0.1, 0.15) is 303 Å². The summed E-state index contributed by atoms with van der Waals surface area (Å²) >= 11 is 0. The van der Waals surface area contributed by atoms with E-state index >= 15 is 0 Å². The molecule has 1 unspecified atom stereocenters. The average molecular weight is 1070 g/mol. The molecule has 6 heteroatoms. The van der Waals surface area contributed by atoms with Gasteiger partial charge in [0.25, 0.3) is 0 Å². The molecule has 0 heterocycles. The van der Waals surface area contributed by atoms with Crippen LogP contribution in [-0.4, -0.2) is 37.2 Å². The molecule has 0 rings (SSSR count). The van der Waals surface area contributed by atoms with Crippen LogP contribution in [0.15, 0.2) is 109 Å². The zero-order valence-corrected chi connectivity index (χ0v) is 50.4. The Hall–Kier alpha value is -3.93. The number of carbonyl (C=O) groups excluding carboxylic acids is 3. The van der Waals surface area contributed by atoms with Gasteiger partial charge >= 0.3 is 17.9 Å². The molecule has 0 saturated heterocycles. The molecular weight excluding hydrogens is 949 g/mol. The van der Waals surface area contributed by atoms with E-state index in [1.54, 1.807) is 0 Å². The molecule has 0 radical (unpaired) electrons. The highest BCUT2D eigenvalue weighted by atomic mass is 16.6. The lowest BCUT2D eigenvalue weighted by Gasteiger charge is -2.18. The second kappa shape index (κ2) is 64.6. The van der Waals surface area contributed by atoms with E-state index in [-0.39, 0.29) is 31.1 Å². The molecule has 0 saturated carbocycles. The SMILES string of the molecule is CC/C=C\C/C=C\C/C=C\C/C=C\C/C=C\C/C=C\CCCCCCCCC(=O)OC(COC(=O)CCCCCCCCC)COC(=O)CCCCCCCCCCCCCC/C=C\C/C=C\C/C=C\CCCCCCC. The minimum atomic E-state index is -0.786. The van der Waals surface area contributed by atoms with Gasteiger partial charge in [-0.1, -0.05) is 284 Å². The van der Waals surface area contributed by atoms with Gasteiger partial charge in [0.2, 0.25) is 0 Å². The topological polar surface area (TPSA) is 78.9 Å². The first-order valence-electron chi connectivity index (χ1n) is 32.4. The summed E-state index contributed by atoms with van der Waals surface area (Å²) in [7, 11) is 0. The molecule has 0 aromatic carbocycles. The molecule has 1 atom stereocenters. The summed E-state index contributed by atoms with van der Waals surface area (Å²) in [6.07, 6.45) is 88.3. The van der Waals surface area contributed by atoms with Gasteiger partial charge in [-0.3, -0.25) is 14.4 Å². The summed E-state index contributed by atoms with van der Waals surface area (Å²) in [5.41, 5.74) is 0. The summed E-state index contributed by atoms with van der Waals surface area (Å²) in [5, 5.41) is 0. The molecule has 77 heavy (non-hydrogen) atoms. The molecule has 0 spiro atoms. The van der Waals surface area contributed by atoms with Crippen LogP contribution < -0.4 is 0 Å². The number of esters is 3. The largest absolute Gasteiger partial charge is 0.462 e. The standard InChI is InChI=1S/C71H120O6/c1-4-7-10-13-16-18-20-22-24-26-28-30-32-34-35-37-38-40-42-44-46-48-50-52-55-58-61-64-70(73)76-67-68(66-75-69(72)63-60-57-54-15-12-9-6-3)77-71(74)65-62-59-56-53-51-49-47-45-43-41-39-36-33-31-29-27-25-23-21-19-17-14-11-8-5-2/h8,11,17,19-20,22-23,25-26,28-29,31-32,34,36,39,43,45,68H,4-7,9-10,12-16,18,21,24,27,30,33,35,37-38,40-42,44,46-67H2,1-3H3/b11-8-,19-17-,22-20-,25-23-,28-26-,31-29-,34-32-,39-36-,45-43-. The molecular formula is C71H120O6. The number of allylic oxidation sites excluding steroid dienone is 18. The van der Waals surface area contributed by atoms with Gasteiger partial charge in [0.1, 0.15) is 13.2 Å². The lowest BCUT2D eigenvalue weighted by Crippen LogP contribution is -2.30. The van der Waals surface area contributed by atoms with E-state index in [1.807, 2.05) is 0 Å². The Morgan fingerprint density at radius 3 is 0.792 bits per heavy atom. The number of ether oxygens (including phenoxy) is 3. The molecule has 0 aliphatic carbocycles. The molecule has 0 aromatic rings. The van der Waals surface area contributed by atoms with Crippen molar-refractivity contribution in [2.24, 2.45) is 0 Å². The first kappa shape index (κ1) is 73.1.